The van der Waals surface area contributed by atoms with Crippen LogP contribution in [0.15, 0.2) is 48.8 Å². The third-order valence-electron chi connectivity index (χ3n) is 6.85. The Morgan fingerprint density at radius 2 is 1.84 bits per heavy atom. The fraction of sp³-hybridized carbons (Fsp3) is 0.286. The molecule has 1 saturated carbocycles. The van der Waals surface area contributed by atoms with Crippen molar-refractivity contribution in [1.29, 1.82) is 0 Å². The molecule has 0 spiro atoms. The van der Waals surface area contributed by atoms with Crippen LogP contribution in [-0.4, -0.2) is 47.7 Å². The highest BCUT2D eigenvalue weighted by molar-refractivity contribution is 6.35. The van der Waals surface area contributed by atoms with Gasteiger partial charge in [-0.15, -0.1) is 0 Å². The number of alkyl halides is 2. The van der Waals surface area contributed by atoms with Crippen LogP contribution in [0.4, 0.5) is 14.5 Å². The predicted octanol–water partition coefficient (Wildman–Crippen LogP) is 4.94. The number of benzene rings is 2. The first kappa shape index (κ1) is 30.3. The molecule has 2 aromatic carbocycles. The van der Waals surface area contributed by atoms with Crippen LogP contribution in [0.3, 0.4) is 0 Å². The molecule has 1 atom stereocenters. The number of esters is 1. The van der Waals surface area contributed by atoms with Crippen LogP contribution in [0.25, 0.3) is 0 Å². The molecule has 3 aromatic rings. The van der Waals surface area contributed by atoms with E-state index in [1.54, 1.807) is 0 Å². The Hall–Kier alpha value is -4.20. The fourth-order valence-electron chi connectivity index (χ4n) is 4.56. The van der Waals surface area contributed by atoms with Crippen molar-refractivity contribution in [2.75, 3.05) is 18.6 Å². The van der Waals surface area contributed by atoms with E-state index in [1.807, 2.05) is 5.48 Å². The number of hydrogen-bond donors (Lipinski definition) is 2. The maximum absolute atomic E-state index is 13.2. The van der Waals surface area contributed by atoms with Gasteiger partial charge in [-0.05, 0) is 48.6 Å². The molecule has 1 unspecified atom stereocenters. The van der Waals surface area contributed by atoms with Gasteiger partial charge in [0.25, 0.3) is 11.8 Å². The summed E-state index contributed by atoms with van der Waals surface area (Å²) < 4.78 is 42.6. The quantitative estimate of drug-likeness (QED) is 0.0928. The molecule has 5 rings (SSSR count). The van der Waals surface area contributed by atoms with Crippen LogP contribution >= 0.6 is 23.2 Å². The first-order chi connectivity index (χ1) is 20.5. The molecule has 15 heteroatoms. The van der Waals surface area contributed by atoms with E-state index in [-0.39, 0.29) is 68.4 Å². The molecule has 0 saturated heterocycles. The number of fused-ring (bicyclic) bond motifs is 1. The van der Waals surface area contributed by atoms with Crippen molar-refractivity contribution < 1.29 is 47.3 Å². The highest BCUT2D eigenvalue weighted by Gasteiger charge is 2.39. The van der Waals surface area contributed by atoms with E-state index >= 15 is 0 Å². The Kier molecular flexibility index (Phi) is 8.85. The summed E-state index contributed by atoms with van der Waals surface area (Å²) in [6, 6.07) is 8.18. The topological polar surface area (TPSA) is 141 Å². The Balaban J connectivity index is 1.44. The first-order valence-corrected chi connectivity index (χ1v) is 13.7. The van der Waals surface area contributed by atoms with Gasteiger partial charge in [-0.1, -0.05) is 35.3 Å². The van der Waals surface area contributed by atoms with Crippen LogP contribution in [0.1, 0.15) is 50.8 Å². The molecule has 43 heavy (non-hydrogen) atoms. The summed E-state index contributed by atoms with van der Waals surface area (Å²) in [6.07, 6.45) is 2.60. The van der Waals surface area contributed by atoms with Crippen molar-refractivity contribution in [2.24, 2.45) is 5.92 Å². The van der Waals surface area contributed by atoms with Crippen LogP contribution in [0.2, 0.25) is 10.0 Å². The minimum absolute atomic E-state index is 0.0154. The minimum atomic E-state index is -3.12. The number of carbonyl (C=O) groups is 3. The van der Waals surface area contributed by atoms with Gasteiger partial charge < -0.3 is 19.4 Å². The number of imide groups is 1. The third-order valence-corrected chi connectivity index (χ3v) is 7.51. The second-order valence-corrected chi connectivity index (χ2v) is 10.7. The van der Waals surface area contributed by atoms with Crippen molar-refractivity contribution >= 4 is 46.7 Å². The third kappa shape index (κ3) is 6.74. The fourth-order valence-corrected chi connectivity index (χ4v) is 5.16. The highest BCUT2D eigenvalue weighted by atomic mass is 35.5. The molecule has 2 heterocycles. The summed E-state index contributed by atoms with van der Waals surface area (Å²) in [5, 5.41) is 21.1. The number of ether oxygens (including phenoxy) is 3. The smallest absolute Gasteiger partial charge is 0.387 e. The maximum Gasteiger partial charge on any atom is 0.387 e. The highest BCUT2D eigenvalue weighted by Crippen LogP contribution is 2.38. The Labute approximate surface area is 253 Å². The lowest BCUT2D eigenvalue weighted by Gasteiger charge is -2.22. The van der Waals surface area contributed by atoms with Crippen molar-refractivity contribution in [3.63, 3.8) is 0 Å². The zero-order chi connectivity index (χ0) is 30.8. The average Bonchev–Trinajstić information content (AvgIpc) is 3.76. The molecule has 1 aliphatic heterocycles. The van der Waals surface area contributed by atoms with Crippen molar-refractivity contribution in [3.8, 4) is 11.5 Å². The Bertz CT molecular complexity index is 1560. The Morgan fingerprint density at radius 1 is 1.12 bits per heavy atom. The van der Waals surface area contributed by atoms with E-state index in [1.165, 1.54) is 36.4 Å². The minimum Gasteiger partial charge on any atom is -0.619 e. The second-order valence-electron chi connectivity index (χ2n) is 9.85. The number of rotatable bonds is 12. The summed E-state index contributed by atoms with van der Waals surface area (Å²) in [6.45, 7) is -3.65. The van der Waals surface area contributed by atoms with Crippen molar-refractivity contribution in [3.05, 3.63) is 86.3 Å². The summed E-state index contributed by atoms with van der Waals surface area (Å²) in [5.74, 6) is -2.58. The predicted molar refractivity (Wildman–Crippen MR) is 146 cm³/mol. The number of aromatic nitrogens is 1. The summed E-state index contributed by atoms with van der Waals surface area (Å²) in [4.78, 5) is 39.8. The zero-order valence-electron chi connectivity index (χ0n) is 22.1. The zero-order valence-corrected chi connectivity index (χ0v) is 23.6. The molecule has 2 N–H and O–H groups in total. The normalized spacial score (nSPS) is 15.0. The molecule has 0 radical (unpaired) electrons. The van der Waals surface area contributed by atoms with Gasteiger partial charge >= 0.3 is 12.6 Å². The molecule has 11 nitrogen and oxygen atoms in total. The van der Waals surface area contributed by atoms with Gasteiger partial charge in [-0.3, -0.25) is 30.0 Å². The standard InChI is InChI=1S/C28H23Cl2F2N3O8/c29-18-10-34(40)11-19(30)17(18)9-22(15-6-7-21(43-28(31)32)23(8-15)41-13-14-4-5-14)42-24(36)12-35-26(37)16-2-1-3-20(33-39)25(16)27(35)38/h1-3,6-8,10-11,14,22,28,33,39H,4-5,9,12-13H2. The van der Waals surface area contributed by atoms with Crippen LogP contribution in [0.5, 0.6) is 11.5 Å². The Morgan fingerprint density at radius 3 is 2.49 bits per heavy atom. The van der Waals surface area contributed by atoms with Gasteiger partial charge in [0.05, 0.1) is 23.4 Å². The molecule has 2 amide bonds. The van der Waals surface area contributed by atoms with E-state index in [4.69, 9.17) is 32.7 Å². The summed E-state index contributed by atoms with van der Waals surface area (Å²) >= 11 is 12.5. The summed E-state index contributed by atoms with van der Waals surface area (Å²) in [5.41, 5.74) is 2.21. The van der Waals surface area contributed by atoms with Crippen LogP contribution < -0.4 is 19.7 Å². The number of halogens is 4. The summed E-state index contributed by atoms with van der Waals surface area (Å²) in [7, 11) is 0. The van der Waals surface area contributed by atoms with E-state index in [0.717, 1.165) is 25.2 Å². The molecule has 1 aromatic heterocycles. The average molecular weight is 638 g/mol. The number of nitrogens with one attached hydrogen (secondary N) is 1. The molecular weight excluding hydrogens is 615 g/mol. The number of pyridine rings is 1. The molecule has 2 aliphatic rings. The van der Waals surface area contributed by atoms with Crippen molar-refractivity contribution in [1.82, 2.24) is 4.90 Å². The SMILES string of the molecule is O=C(CN1C(=O)c2cccc(NO)c2C1=O)OC(Cc1c(Cl)c[n+]([O-])cc1Cl)c1ccc(OC(F)F)c(OCC2CC2)c1. The van der Waals surface area contributed by atoms with Gasteiger partial charge in [-0.25, -0.2) is 0 Å². The number of carbonyl (C=O) groups excluding carboxylic acids is 3. The molecule has 226 valence electrons. The van der Waals surface area contributed by atoms with E-state index in [2.05, 4.69) is 4.74 Å². The largest absolute Gasteiger partial charge is 0.619 e. The number of anilines is 1. The number of nitrogens with zero attached hydrogens (tertiary/aromatic N) is 2. The first-order valence-electron chi connectivity index (χ1n) is 12.9. The van der Waals surface area contributed by atoms with Gasteiger partial charge in [0.15, 0.2) is 23.9 Å². The van der Waals surface area contributed by atoms with E-state index in [0.29, 0.717) is 9.63 Å². The van der Waals surface area contributed by atoms with Gasteiger partial charge in [-0.2, -0.15) is 13.5 Å². The molecular formula is C28H23Cl2F2N3O8. The molecule has 1 aliphatic carbocycles. The maximum atomic E-state index is 13.2. The number of amides is 2. The van der Waals surface area contributed by atoms with Crippen molar-refractivity contribution in [2.45, 2.75) is 32.0 Å². The van der Waals surface area contributed by atoms with E-state index < -0.39 is 37.0 Å². The lowest BCUT2D eigenvalue weighted by Crippen LogP contribution is -2.36. The molecule has 0 bridgehead atoms. The van der Waals surface area contributed by atoms with Gasteiger partial charge in [0, 0.05) is 12.0 Å². The lowest BCUT2D eigenvalue weighted by molar-refractivity contribution is -0.605. The number of hydrogen-bond acceptors (Lipinski definition) is 9. The lowest BCUT2D eigenvalue weighted by atomic mass is 10.0. The van der Waals surface area contributed by atoms with Gasteiger partial charge in [0.1, 0.15) is 22.7 Å². The monoisotopic (exact) mass is 637 g/mol. The second kappa shape index (κ2) is 12.6. The molecule has 1 fully saturated rings. The van der Waals surface area contributed by atoms with Crippen LogP contribution in [-0.2, 0) is 16.0 Å². The van der Waals surface area contributed by atoms with Gasteiger partial charge in [0.2, 0.25) is 0 Å². The van der Waals surface area contributed by atoms with E-state index in [9.17, 15) is 33.6 Å². The van der Waals surface area contributed by atoms with Crippen LogP contribution in [0, 0.1) is 11.1 Å².